The third kappa shape index (κ3) is 3.63. The standard InChI is InChI=1S/C18H13Br2P/c19-14-11-15(20)13-18(12-14)21(16-7-3-1-4-8-16)17-9-5-2-6-10-17/h1-13H. The fraction of sp³-hybridized carbons (Fsp3) is 0. The highest BCUT2D eigenvalue weighted by Crippen LogP contribution is 2.34. The van der Waals surface area contributed by atoms with E-state index in [4.69, 9.17) is 0 Å². The topological polar surface area (TPSA) is 0 Å². The first-order chi connectivity index (χ1) is 10.2. The first-order valence-electron chi connectivity index (χ1n) is 6.60. The van der Waals surface area contributed by atoms with Crippen LogP contribution in [0.15, 0.2) is 87.8 Å². The zero-order valence-corrected chi connectivity index (χ0v) is 15.3. The van der Waals surface area contributed by atoms with Crippen molar-refractivity contribution in [2.24, 2.45) is 0 Å². The molecule has 0 saturated carbocycles. The van der Waals surface area contributed by atoms with Gasteiger partial charge in [0.05, 0.1) is 0 Å². The Kier molecular flexibility index (Phi) is 4.90. The van der Waals surface area contributed by atoms with Crippen LogP contribution in [0.4, 0.5) is 0 Å². The van der Waals surface area contributed by atoms with Crippen LogP contribution in [0.5, 0.6) is 0 Å². The molecule has 0 heterocycles. The lowest BCUT2D eigenvalue weighted by Gasteiger charge is -2.19. The lowest BCUT2D eigenvalue weighted by Crippen LogP contribution is -2.20. The first kappa shape index (κ1) is 15.0. The molecule has 0 aliphatic heterocycles. The van der Waals surface area contributed by atoms with Crippen molar-refractivity contribution < 1.29 is 0 Å². The van der Waals surface area contributed by atoms with Gasteiger partial charge in [0.1, 0.15) is 0 Å². The van der Waals surface area contributed by atoms with Crippen molar-refractivity contribution in [1.29, 1.82) is 0 Å². The van der Waals surface area contributed by atoms with Gasteiger partial charge in [-0.25, -0.2) is 0 Å². The molecule has 0 N–H and O–H groups in total. The van der Waals surface area contributed by atoms with E-state index in [1.54, 1.807) is 0 Å². The first-order valence-corrected chi connectivity index (χ1v) is 9.53. The molecule has 3 rings (SSSR count). The molecule has 3 aromatic rings. The van der Waals surface area contributed by atoms with Crippen molar-refractivity contribution in [2.75, 3.05) is 0 Å². The van der Waals surface area contributed by atoms with E-state index in [9.17, 15) is 0 Å². The molecule has 0 unspecified atom stereocenters. The summed E-state index contributed by atoms with van der Waals surface area (Å²) in [5, 5.41) is 4.07. The lowest BCUT2D eigenvalue weighted by atomic mass is 10.4. The molecule has 0 aromatic heterocycles. The maximum Gasteiger partial charge on any atom is 0.0193 e. The summed E-state index contributed by atoms with van der Waals surface area (Å²) in [7, 11) is -0.538. The molecule has 0 aliphatic rings. The molecular formula is C18H13Br2P. The monoisotopic (exact) mass is 418 g/mol. The molecule has 104 valence electrons. The van der Waals surface area contributed by atoms with Gasteiger partial charge in [-0.15, -0.1) is 0 Å². The molecule has 21 heavy (non-hydrogen) atoms. The molecule has 3 heteroatoms. The van der Waals surface area contributed by atoms with Gasteiger partial charge >= 0.3 is 0 Å². The summed E-state index contributed by atoms with van der Waals surface area (Å²) in [6, 6.07) is 28.0. The second kappa shape index (κ2) is 6.87. The van der Waals surface area contributed by atoms with Crippen LogP contribution in [0.3, 0.4) is 0 Å². The van der Waals surface area contributed by atoms with E-state index in [1.807, 2.05) is 0 Å². The van der Waals surface area contributed by atoms with Gasteiger partial charge in [-0.05, 0) is 42.0 Å². The van der Waals surface area contributed by atoms with Crippen LogP contribution >= 0.6 is 39.8 Å². The van der Waals surface area contributed by atoms with Crippen molar-refractivity contribution in [3.8, 4) is 0 Å². The fourth-order valence-electron chi connectivity index (χ4n) is 2.27. The molecule has 0 spiro atoms. The van der Waals surface area contributed by atoms with Gasteiger partial charge in [-0.2, -0.15) is 0 Å². The highest BCUT2D eigenvalue weighted by Gasteiger charge is 2.16. The maximum atomic E-state index is 3.61. The van der Waals surface area contributed by atoms with Crippen molar-refractivity contribution in [1.82, 2.24) is 0 Å². The van der Waals surface area contributed by atoms with Crippen molar-refractivity contribution in [3.63, 3.8) is 0 Å². The Labute approximate surface area is 143 Å². The van der Waals surface area contributed by atoms with Crippen LogP contribution in [0, 0.1) is 0 Å². The number of hydrogen-bond donors (Lipinski definition) is 0. The van der Waals surface area contributed by atoms with Gasteiger partial charge in [-0.1, -0.05) is 92.5 Å². The minimum atomic E-state index is -0.538. The van der Waals surface area contributed by atoms with Gasteiger partial charge in [0.15, 0.2) is 0 Å². The Hall–Kier alpha value is -0.950. The smallest absolute Gasteiger partial charge is 0.0193 e. The molecule has 3 aromatic carbocycles. The minimum absolute atomic E-state index is 0.538. The van der Waals surface area contributed by atoms with E-state index < -0.39 is 7.92 Å². The van der Waals surface area contributed by atoms with Crippen LogP contribution in [-0.4, -0.2) is 0 Å². The van der Waals surface area contributed by atoms with E-state index in [2.05, 4.69) is 111 Å². The summed E-state index contributed by atoms with van der Waals surface area (Å²) in [6.07, 6.45) is 0. The highest BCUT2D eigenvalue weighted by molar-refractivity contribution is 9.11. The Morgan fingerprint density at radius 2 is 0.952 bits per heavy atom. The number of rotatable bonds is 3. The zero-order valence-electron chi connectivity index (χ0n) is 11.2. The van der Waals surface area contributed by atoms with E-state index in [0.717, 1.165) is 8.95 Å². The second-order valence-corrected chi connectivity index (χ2v) is 8.69. The average Bonchev–Trinajstić information content (AvgIpc) is 2.49. The third-order valence-electron chi connectivity index (χ3n) is 3.13. The van der Waals surface area contributed by atoms with Gasteiger partial charge in [0.2, 0.25) is 0 Å². The predicted molar refractivity (Wildman–Crippen MR) is 101 cm³/mol. The van der Waals surface area contributed by atoms with Crippen LogP contribution in [0.1, 0.15) is 0 Å². The largest absolute Gasteiger partial charge is 0.0622 e. The molecule has 0 saturated heterocycles. The van der Waals surface area contributed by atoms with Crippen LogP contribution in [0.2, 0.25) is 0 Å². The van der Waals surface area contributed by atoms with E-state index in [1.165, 1.54) is 15.9 Å². The van der Waals surface area contributed by atoms with Crippen LogP contribution in [0.25, 0.3) is 0 Å². The second-order valence-electron chi connectivity index (χ2n) is 4.63. The van der Waals surface area contributed by atoms with Gasteiger partial charge < -0.3 is 0 Å². The Morgan fingerprint density at radius 1 is 0.524 bits per heavy atom. The Bertz CT molecular complexity index is 667. The number of hydrogen-bond acceptors (Lipinski definition) is 0. The average molecular weight is 420 g/mol. The Balaban J connectivity index is 2.17. The van der Waals surface area contributed by atoms with E-state index >= 15 is 0 Å². The minimum Gasteiger partial charge on any atom is -0.0622 e. The fourth-order valence-corrected chi connectivity index (χ4v) is 6.29. The highest BCUT2D eigenvalue weighted by atomic mass is 79.9. The van der Waals surface area contributed by atoms with Crippen LogP contribution < -0.4 is 15.9 Å². The summed E-state index contributed by atoms with van der Waals surface area (Å²) in [5.41, 5.74) is 0. The predicted octanol–water partition coefficient (Wildman–Crippen LogP) is 4.97. The molecular weight excluding hydrogens is 407 g/mol. The summed E-state index contributed by atoms with van der Waals surface area (Å²) in [6.45, 7) is 0. The summed E-state index contributed by atoms with van der Waals surface area (Å²) >= 11 is 7.21. The van der Waals surface area contributed by atoms with Gasteiger partial charge in [-0.3, -0.25) is 0 Å². The van der Waals surface area contributed by atoms with Gasteiger partial charge in [0.25, 0.3) is 0 Å². The molecule has 0 nitrogen and oxygen atoms in total. The normalized spacial score (nSPS) is 10.8. The molecule has 0 radical (unpaired) electrons. The quantitative estimate of drug-likeness (QED) is 0.526. The molecule has 0 amide bonds. The van der Waals surface area contributed by atoms with E-state index in [0.29, 0.717) is 0 Å². The summed E-state index contributed by atoms with van der Waals surface area (Å²) in [5.74, 6) is 0. The SMILES string of the molecule is Brc1cc(Br)cc(P(c2ccccc2)c2ccccc2)c1. The molecule has 0 fully saturated rings. The van der Waals surface area contributed by atoms with Crippen molar-refractivity contribution >= 4 is 55.7 Å². The zero-order chi connectivity index (χ0) is 14.7. The number of benzene rings is 3. The van der Waals surface area contributed by atoms with Crippen molar-refractivity contribution in [2.45, 2.75) is 0 Å². The molecule has 0 aliphatic carbocycles. The lowest BCUT2D eigenvalue weighted by molar-refractivity contribution is 1.64. The van der Waals surface area contributed by atoms with Crippen molar-refractivity contribution in [3.05, 3.63) is 87.8 Å². The molecule has 0 bridgehead atoms. The Morgan fingerprint density at radius 3 is 1.38 bits per heavy atom. The van der Waals surface area contributed by atoms with Gasteiger partial charge in [0, 0.05) is 8.95 Å². The van der Waals surface area contributed by atoms with E-state index in [-0.39, 0.29) is 0 Å². The summed E-state index contributed by atoms with van der Waals surface area (Å²) < 4.78 is 2.21. The molecule has 0 atom stereocenters. The van der Waals surface area contributed by atoms with Crippen LogP contribution in [-0.2, 0) is 0 Å². The third-order valence-corrected chi connectivity index (χ3v) is 6.45. The maximum absolute atomic E-state index is 3.61. The number of halogens is 2. The summed E-state index contributed by atoms with van der Waals surface area (Å²) in [4.78, 5) is 0.